The summed E-state index contributed by atoms with van der Waals surface area (Å²) in [6, 6.07) is 0. The summed E-state index contributed by atoms with van der Waals surface area (Å²) in [4.78, 5) is 26.9. The molecule has 0 heterocycles. The van der Waals surface area contributed by atoms with Gasteiger partial charge in [0.05, 0.1) is 6.54 Å². The third-order valence-electron chi connectivity index (χ3n) is 2.80. The SMILES string of the molecule is CC(C)CCC(=O)N(C)CC(=O)N(C)CC(C)C. The Morgan fingerprint density at radius 2 is 1.44 bits per heavy atom. The van der Waals surface area contributed by atoms with Crippen LogP contribution in [0.3, 0.4) is 0 Å². The molecule has 0 aliphatic rings. The van der Waals surface area contributed by atoms with Crippen molar-refractivity contribution < 1.29 is 9.59 Å². The summed E-state index contributed by atoms with van der Waals surface area (Å²) in [5.41, 5.74) is 0. The second kappa shape index (κ2) is 8.11. The van der Waals surface area contributed by atoms with Crippen LogP contribution in [-0.2, 0) is 9.59 Å². The Balaban J connectivity index is 4.09. The molecule has 0 saturated carbocycles. The fourth-order valence-corrected chi connectivity index (χ4v) is 1.66. The van der Waals surface area contributed by atoms with Crippen LogP contribution in [0.1, 0.15) is 40.5 Å². The molecule has 18 heavy (non-hydrogen) atoms. The van der Waals surface area contributed by atoms with E-state index in [4.69, 9.17) is 0 Å². The number of hydrogen-bond acceptors (Lipinski definition) is 2. The molecule has 0 N–H and O–H groups in total. The lowest BCUT2D eigenvalue weighted by atomic mass is 10.1. The van der Waals surface area contributed by atoms with Gasteiger partial charge in [-0.1, -0.05) is 27.7 Å². The highest BCUT2D eigenvalue weighted by Crippen LogP contribution is 2.06. The summed E-state index contributed by atoms with van der Waals surface area (Å²) in [6.45, 7) is 9.24. The van der Waals surface area contributed by atoms with E-state index in [9.17, 15) is 9.59 Å². The number of hydrogen-bond donors (Lipinski definition) is 0. The predicted octanol–water partition coefficient (Wildman–Crippen LogP) is 2.00. The van der Waals surface area contributed by atoms with Gasteiger partial charge in [0.15, 0.2) is 0 Å². The van der Waals surface area contributed by atoms with E-state index in [1.165, 1.54) is 4.90 Å². The number of carbonyl (C=O) groups is 2. The number of likely N-dealkylation sites (N-methyl/N-ethyl adjacent to an activating group) is 2. The molecule has 4 heteroatoms. The van der Waals surface area contributed by atoms with E-state index in [0.717, 1.165) is 13.0 Å². The maximum Gasteiger partial charge on any atom is 0.241 e. The van der Waals surface area contributed by atoms with Crippen LogP contribution in [0.4, 0.5) is 0 Å². The molecular formula is C14H28N2O2. The Labute approximate surface area is 111 Å². The quantitative estimate of drug-likeness (QED) is 0.699. The van der Waals surface area contributed by atoms with Gasteiger partial charge in [0, 0.05) is 27.1 Å². The van der Waals surface area contributed by atoms with Gasteiger partial charge in [-0.05, 0) is 18.3 Å². The largest absolute Gasteiger partial charge is 0.344 e. The molecule has 0 saturated heterocycles. The zero-order valence-electron chi connectivity index (χ0n) is 12.7. The molecule has 0 fully saturated rings. The second-order valence-corrected chi connectivity index (χ2v) is 5.85. The van der Waals surface area contributed by atoms with Crippen molar-refractivity contribution in [2.24, 2.45) is 11.8 Å². The van der Waals surface area contributed by atoms with Crippen LogP contribution in [0, 0.1) is 11.8 Å². The fourth-order valence-electron chi connectivity index (χ4n) is 1.66. The second-order valence-electron chi connectivity index (χ2n) is 5.85. The molecule has 0 radical (unpaired) electrons. The first-order valence-electron chi connectivity index (χ1n) is 6.72. The Morgan fingerprint density at radius 3 is 1.89 bits per heavy atom. The summed E-state index contributed by atoms with van der Waals surface area (Å²) in [5, 5.41) is 0. The summed E-state index contributed by atoms with van der Waals surface area (Å²) >= 11 is 0. The van der Waals surface area contributed by atoms with E-state index < -0.39 is 0 Å². The van der Waals surface area contributed by atoms with Crippen molar-refractivity contribution in [3.8, 4) is 0 Å². The number of rotatable bonds is 7. The molecular weight excluding hydrogens is 228 g/mol. The van der Waals surface area contributed by atoms with Crippen molar-refractivity contribution in [2.45, 2.75) is 40.5 Å². The molecule has 4 nitrogen and oxygen atoms in total. The van der Waals surface area contributed by atoms with Gasteiger partial charge in [-0.25, -0.2) is 0 Å². The Morgan fingerprint density at radius 1 is 0.889 bits per heavy atom. The molecule has 0 aromatic rings. The average Bonchev–Trinajstić information content (AvgIpc) is 2.24. The van der Waals surface area contributed by atoms with E-state index in [1.54, 1.807) is 19.0 Å². The van der Waals surface area contributed by atoms with E-state index in [0.29, 0.717) is 18.3 Å². The Kier molecular flexibility index (Phi) is 7.64. The molecule has 0 bridgehead atoms. The third-order valence-corrected chi connectivity index (χ3v) is 2.80. The minimum absolute atomic E-state index is 0.00379. The highest BCUT2D eigenvalue weighted by molar-refractivity contribution is 5.84. The standard InChI is InChI=1S/C14H28N2O2/c1-11(2)7-8-13(17)16(6)10-14(18)15(5)9-12(3)4/h11-12H,7-10H2,1-6H3. The van der Waals surface area contributed by atoms with Crippen molar-refractivity contribution in [3.05, 3.63) is 0 Å². The van der Waals surface area contributed by atoms with Crippen molar-refractivity contribution in [1.82, 2.24) is 9.80 Å². The van der Waals surface area contributed by atoms with Crippen molar-refractivity contribution in [1.29, 1.82) is 0 Å². The van der Waals surface area contributed by atoms with Gasteiger partial charge in [0.2, 0.25) is 11.8 Å². The van der Waals surface area contributed by atoms with Crippen LogP contribution in [0.2, 0.25) is 0 Å². The van der Waals surface area contributed by atoms with Gasteiger partial charge >= 0.3 is 0 Å². The highest BCUT2D eigenvalue weighted by atomic mass is 16.2. The van der Waals surface area contributed by atoms with Crippen LogP contribution < -0.4 is 0 Å². The summed E-state index contributed by atoms with van der Waals surface area (Å²) in [7, 11) is 3.48. The van der Waals surface area contributed by atoms with Crippen LogP contribution in [0.5, 0.6) is 0 Å². The fraction of sp³-hybridized carbons (Fsp3) is 0.857. The number of amides is 2. The molecule has 0 unspecified atom stereocenters. The maximum atomic E-state index is 11.9. The topological polar surface area (TPSA) is 40.6 Å². The first kappa shape index (κ1) is 16.9. The predicted molar refractivity (Wildman–Crippen MR) is 74.2 cm³/mol. The molecule has 0 aromatic carbocycles. The lowest BCUT2D eigenvalue weighted by Crippen LogP contribution is -2.40. The lowest BCUT2D eigenvalue weighted by molar-refractivity contribution is -0.139. The van der Waals surface area contributed by atoms with Gasteiger partial charge < -0.3 is 9.80 Å². The van der Waals surface area contributed by atoms with E-state index in [1.807, 2.05) is 0 Å². The molecule has 0 aliphatic heterocycles. The van der Waals surface area contributed by atoms with Gasteiger partial charge in [0.25, 0.3) is 0 Å². The summed E-state index contributed by atoms with van der Waals surface area (Å²) in [6.07, 6.45) is 1.40. The number of nitrogens with zero attached hydrogens (tertiary/aromatic N) is 2. The average molecular weight is 256 g/mol. The first-order chi connectivity index (χ1) is 8.23. The van der Waals surface area contributed by atoms with Crippen LogP contribution >= 0.6 is 0 Å². The van der Waals surface area contributed by atoms with E-state index in [2.05, 4.69) is 27.7 Å². The van der Waals surface area contributed by atoms with Crippen LogP contribution in [-0.4, -0.2) is 48.8 Å². The summed E-state index contributed by atoms with van der Waals surface area (Å²) in [5.74, 6) is 1.02. The zero-order chi connectivity index (χ0) is 14.3. The highest BCUT2D eigenvalue weighted by Gasteiger charge is 2.16. The van der Waals surface area contributed by atoms with Crippen molar-refractivity contribution in [2.75, 3.05) is 27.2 Å². The lowest BCUT2D eigenvalue weighted by Gasteiger charge is -2.23. The third kappa shape index (κ3) is 7.30. The molecule has 2 amide bonds. The van der Waals surface area contributed by atoms with Crippen LogP contribution in [0.25, 0.3) is 0 Å². The van der Waals surface area contributed by atoms with E-state index in [-0.39, 0.29) is 18.4 Å². The van der Waals surface area contributed by atoms with Crippen molar-refractivity contribution in [3.63, 3.8) is 0 Å². The monoisotopic (exact) mass is 256 g/mol. The van der Waals surface area contributed by atoms with Crippen molar-refractivity contribution >= 4 is 11.8 Å². The molecule has 106 valence electrons. The van der Waals surface area contributed by atoms with Crippen LogP contribution in [0.15, 0.2) is 0 Å². The molecule has 0 rings (SSSR count). The zero-order valence-corrected chi connectivity index (χ0v) is 12.7. The molecule has 0 spiro atoms. The maximum absolute atomic E-state index is 11.9. The molecule has 0 aromatic heterocycles. The Hall–Kier alpha value is -1.06. The van der Waals surface area contributed by atoms with Gasteiger partial charge in [-0.15, -0.1) is 0 Å². The summed E-state index contributed by atoms with van der Waals surface area (Å²) < 4.78 is 0. The first-order valence-corrected chi connectivity index (χ1v) is 6.72. The molecule has 0 aliphatic carbocycles. The smallest absolute Gasteiger partial charge is 0.241 e. The number of carbonyl (C=O) groups excluding carboxylic acids is 2. The Bertz CT molecular complexity index is 275. The minimum Gasteiger partial charge on any atom is -0.344 e. The van der Waals surface area contributed by atoms with Gasteiger partial charge in [0.1, 0.15) is 0 Å². The van der Waals surface area contributed by atoms with Gasteiger partial charge in [-0.3, -0.25) is 9.59 Å². The normalized spacial score (nSPS) is 10.9. The van der Waals surface area contributed by atoms with E-state index >= 15 is 0 Å². The molecule has 0 atom stereocenters. The minimum atomic E-state index is 0.00379. The van der Waals surface area contributed by atoms with Gasteiger partial charge in [-0.2, -0.15) is 0 Å².